The third-order valence-corrected chi connectivity index (χ3v) is 2.33. The largest absolute Gasteiger partial charge is 0.361 e. The van der Waals surface area contributed by atoms with Crippen LogP contribution in [0.3, 0.4) is 0 Å². The van der Waals surface area contributed by atoms with Crippen molar-refractivity contribution < 1.29 is 4.52 Å². The number of hydrogen-bond donors (Lipinski definition) is 1. The molecule has 3 nitrogen and oxygen atoms in total. The Bertz CT molecular complexity index is 244. The molecule has 1 atom stereocenters. The van der Waals surface area contributed by atoms with Gasteiger partial charge in [0.05, 0.1) is 6.20 Å². The molecule has 11 heavy (non-hydrogen) atoms. The molecule has 0 aromatic carbocycles. The van der Waals surface area contributed by atoms with Crippen LogP contribution in [-0.2, 0) is 6.42 Å². The van der Waals surface area contributed by atoms with Crippen LogP contribution < -0.4 is 5.73 Å². The van der Waals surface area contributed by atoms with Gasteiger partial charge in [0, 0.05) is 18.0 Å². The van der Waals surface area contributed by atoms with E-state index in [1.165, 1.54) is 12.0 Å². The maximum atomic E-state index is 5.59. The van der Waals surface area contributed by atoms with E-state index in [2.05, 4.69) is 5.16 Å². The first-order valence-corrected chi connectivity index (χ1v) is 4.05. The second-order valence-electron chi connectivity index (χ2n) is 3.04. The standard InChI is InChI=1S/C8H12N2O/c9-4-6-2-1-3-7-5-10-11-8(6)7/h5-6H,1-4,9H2. The van der Waals surface area contributed by atoms with Gasteiger partial charge in [0.25, 0.3) is 0 Å². The van der Waals surface area contributed by atoms with Gasteiger partial charge in [-0.2, -0.15) is 0 Å². The molecule has 2 rings (SSSR count). The van der Waals surface area contributed by atoms with Gasteiger partial charge in [0.15, 0.2) is 0 Å². The van der Waals surface area contributed by atoms with Crippen molar-refractivity contribution in [1.29, 1.82) is 0 Å². The Kier molecular flexibility index (Phi) is 1.66. The zero-order valence-electron chi connectivity index (χ0n) is 6.42. The fourth-order valence-electron chi connectivity index (χ4n) is 1.69. The molecule has 1 aliphatic rings. The molecule has 0 radical (unpaired) electrons. The number of aromatic nitrogens is 1. The average molecular weight is 152 g/mol. The Labute approximate surface area is 65.6 Å². The predicted octanol–water partition coefficient (Wildman–Crippen LogP) is 1.05. The molecule has 1 aromatic heterocycles. The van der Waals surface area contributed by atoms with E-state index in [4.69, 9.17) is 10.3 Å². The van der Waals surface area contributed by atoms with Crippen molar-refractivity contribution in [1.82, 2.24) is 5.16 Å². The van der Waals surface area contributed by atoms with Crippen molar-refractivity contribution in [3.63, 3.8) is 0 Å². The molecule has 0 bridgehead atoms. The monoisotopic (exact) mass is 152 g/mol. The Morgan fingerprint density at radius 2 is 2.64 bits per heavy atom. The molecule has 0 saturated heterocycles. The molecule has 1 heterocycles. The van der Waals surface area contributed by atoms with Crippen LogP contribution in [-0.4, -0.2) is 11.7 Å². The van der Waals surface area contributed by atoms with Crippen molar-refractivity contribution in [3.05, 3.63) is 17.5 Å². The lowest BCUT2D eigenvalue weighted by Crippen LogP contribution is -2.16. The molecule has 0 saturated carbocycles. The summed E-state index contributed by atoms with van der Waals surface area (Å²) < 4.78 is 5.13. The Morgan fingerprint density at radius 1 is 1.73 bits per heavy atom. The number of nitrogens with zero attached hydrogens (tertiary/aromatic N) is 1. The summed E-state index contributed by atoms with van der Waals surface area (Å²) in [5.74, 6) is 1.44. The summed E-state index contributed by atoms with van der Waals surface area (Å²) in [5.41, 5.74) is 6.85. The molecule has 0 fully saturated rings. The van der Waals surface area contributed by atoms with Crippen LogP contribution in [0.25, 0.3) is 0 Å². The highest BCUT2D eigenvalue weighted by molar-refractivity contribution is 5.20. The number of hydrogen-bond acceptors (Lipinski definition) is 3. The summed E-state index contributed by atoms with van der Waals surface area (Å²) in [7, 11) is 0. The molecule has 1 aromatic rings. The summed E-state index contributed by atoms with van der Waals surface area (Å²) >= 11 is 0. The molecule has 1 unspecified atom stereocenters. The van der Waals surface area contributed by atoms with Gasteiger partial charge in [-0.3, -0.25) is 0 Å². The van der Waals surface area contributed by atoms with Gasteiger partial charge in [0.2, 0.25) is 0 Å². The quantitative estimate of drug-likeness (QED) is 0.654. The van der Waals surface area contributed by atoms with Crippen molar-refractivity contribution >= 4 is 0 Å². The van der Waals surface area contributed by atoms with Gasteiger partial charge in [-0.15, -0.1) is 0 Å². The van der Waals surface area contributed by atoms with Crippen LogP contribution in [0.15, 0.2) is 10.7 Å². The number of nitrogens with two attached hydrogens (primary N) is 1. The van der Waals surface area contributed by atoms with Gasteiger partial charge in [-0.05, 0) is 19.3 Å². The highest BCUT2D eigenvalue weighted by Gasteiger charge is 2.22. The van der Waals surface area contributed by atoms with Crippen LogP contribution in [0.1, 0.15) is 30.1 Å². The predicted molar refractivity (Wildman–Crippen MR) is 41.2 cm³/mol. The molecule has 3 heteroatoms. The van der Waals surface area contributed by atoms with E-state index in [9.17, 15) is 0 Å². The normalized spacial score (nSPS) is 23.2. The molecule has 0 amide bonds. The Balaban J connectivity index is 2.32. The van der Waals surface area contributed by atoms with Crippen molar-refractivity contribution in [2.24, 2.45) is 5.73 Å². The van der Waals surface area contributed by atoms with Crippen LogP contribution in [0, 0.1) is 0 Å². The van der Waals surface area contributed by atoms with Crippen molar-refractivity contribution in [2.45, 2.75) is 25.2 Å². The van der Waals surface area contributed by atoms with Gasteiger partial charge >= 0.3 is 0 Å². The summed E-state index contributed by atoms with van der Waals surface area (Å²) in [6.07, 6.45) is 5.29. The minimum atomic E-state index is 0.418. The summed E-state index contributed by atoms with van der Waals surface area (Å²) in [4.78, 5) is 0. The highest BCUT2D eigenvalue weighted by atomic mass is 16.5. The molecule has 1 aliphatic carbocycles. The third kappa shape index (κ3) is 1.05. The van der Waals surface area contributed by atoms with E-state index in [1.807, 2.05) is 6.20 Å². The minimum Gasteiger partial charge on any atom is -0.361 e. The minimum absolute atomic E-state index is 0.418. The Hall–Kier alpha value is -0.830. The molecule has 0 aliphatic heterocycles. The lowest BCUT2D eigenvalue weighted by Gasteiger charge is -2.17. The zero-order chi connectivity index (χ0) is 7.68. The van der Waals surface area contributed by atoms with E-state index in [0.717, 1.165) is 18.6 Å². The van der Waals surface area contributed by atoms with Crippen LogP contribution in [0.5, 0.6) is 0 Å². The second-order valence-corrected chi connectivity index (χ2v) is 3.04. The van der Waals surface area contributed by atoms with Crippen LogP contribution in [0.2, 0.25) is 0 Å². The zero-order valence-corrected chi connectivity index (χ0v) is 6.42. The van der Waals surface area contributed by atoms with E-state index in [1.54, 1.807) is 0 Å². The van der Waals surface area contributed by atoms with Crippen molar-refractivity contribution in [2.75, 3.05) is 6.54 Å². The van der Waals surface area contributed by atoms with Gasteiger partial charge in [-0.1, -0.05) is 5.16 Å². The smallest absolute Gasteiger partial charge is 0.144 e. The Morgan fingerprint density at radius 3 is 3.45 bits per heavy atom. The first-order valence-electron chi connectivity index (χ1n) is 4.05. The molecule has 0 spiro atoms. The molecule has 60 valence electrons. The van der Waals surface area contributed by atoms with E-state index in [0.29, 0.717) is 12.5 Å². The van der Waals surface area contributed by atoms with Gasteiger partial charge < -0.3 is 10.3 Å². The van der Waals surface area contributed by atoms with E-state index < -0.39 is 0 Å². The highest BCUT2D eigenvalue weighted by Crippen LogP contribution is 2.30. The molecule has 2 N–H and O–H groups in total. The van der Waals surface area contributed by atoms with Gasteiger partial charge in [-0.25, -0.2) is 0 Å². The van der Waals surface area contributed by atoms with Crippen molar-refractivity contribution in [3.8, 4) is 0 Å². The summed E-state index contributed by atoms with van der Waals surface area (Å²) in [6.45, 7) is 0.683. The average Bonchev–Trinajstić information content (AvgIpc) is 2.50. The molecular weight excluding hydrogens is 140 g/mol. The van der Waals surface area contributed by atoms with Crippen LogP contribution in [0.4, 0.5) is 0 Å². The SMILES string of the molecule is NCC1CCCc2cnoc21. The third-order valence-electron chi connectivity index (χ3n) is 2.33. The van der Waals surface area contributed by atoms with Gasteiger partial charge in [0.1, 0.15) is 5.76 Å². The fourth-order valence-corrected chi connectivity index (χ4v) is 1.69. The van der Waals surface area contributed by atoms with E-state index in [-0.39, 0.29) is 0 Å². The molecular formula is C8H12N2O. The van der Waals surface area contributed by atoms with E-state index >= 15 is 0 Å². The summed E-state index contributed by atoms with van der Waals surface area (Å²) in [6, 6.07) is 0. The maximum Gasteiger partial charge on any atom is 0.144 e. The van der Waals surface area contributed by atoms with Crippen LogP contribution >= 0.6 is 0 Å². The number of rotatable bonds is 1. The number of fused-ring (bicyclic) bond motifs is 1. The first-order chi connectivity index (χ1) is 5.42. The summed E-state index contributed by atoms with van der Waals surface area (Å²) in [5, 5.41) is 3.77. The lowest BCUT2D eigenvalue weighted by molar-refractivity contribution is 0.342. The lowest BCUT2D eigenvalue weighted by atomic mass is 9.89. The second kappa shape index (κ2) is 2.66. The number of aryl methyl sites for hydroxylation is 1. The fraction of sp³-hybridized carbons (Fsp3) is 0.625. The topological polar surface area (TPSA) is 52.0 Å². The maximum absolute atomic E-state index is 5.59. The first kappa shape index (κ1) is 6.85.